The lowest BCUT2D eigenvalue weighted by atomic mass is 10.1. The highest BCUT2D eigenvalue weighted by Gasteiger charge is 2.30. The maximum Gasteiger partial charge on any atom is 0.248 e. The molecule has 2 aromatic heterocycles. The fraction of sp³-hybridized carbons (Fsp3) is 0.111. The van der Waals surface area contributed by atoms with Crippen LogP contribution in [-0.4, -0.2) is 20.2 Å². The molecule has 0 amide bonds. The number of aromatic nitrogens is 2. The summed E-state index contributed by atoms with van der Waals surface area (Å²) in [5, 5.41) is 19.5. The summed E-state index contributed by atoms with van der Waals surface area (Å²) in [6.45, 7) is 0. The molecule has 0 radical (unpaired) electrons. The van der Waals surface area contributed by atoms with Crippen molar-refractivity contribution in [2.24, 2.45) is 0 Å². The summed E-state index contributed by atoms with van der Waals surface area (Å²) in [4.78, 5) is 5.49. The van der Waals surface area contributed by atoms with Crippen LogP contribution in [0.15, 0.2) is 36.7 Å². The van der Waals surface area contributed by atoms with Crippen LogP contribution >= 0.6 is 0 Å². The standard InChI is InChI=1S/C9H10N2O2/c12-9(13,7-3-1-5-10-7)8-4-2-6-11-8/h1-6,10-13H. The van der Waals surface area contributed by atoms with E-state index in [1.54, 1.807) is 36.7 Å². The molecule has 4 heteroatoms. The van der Waals surface area contributed by atoms with E-state index in [9.17, 15) is 10.2 Å². The molecule has 0 spiro atoms. The van der Waals surface area contributed by atoms with E-state index in [0.29, 0.717) is 11.4 Å². The number of nitrogens with one attached hydrogen (secondary N) is 2. The molecule has 2 aromatic rings. The Bertz CT molecular complexity index is 326. The van der Waals surface area contributed by atoms with E-state index in [1.165, 1.54) is 0 Å². The molecular formula is C9H10N2O2. The van der Waals surface area contributed by atoms with E-state index in [0.717, 1.165) is 0 Å². The maximum atomic E-state index is 9.73. The van der Waals surface area contributed by atoms with Crippen LogP contribution in [0.3, 0.4) is 0 Å². The Morgan fingerprint density at radius 2 is 1.38 bits per heavy atom. The monoisotopic (exact) mass is 178 g/mol. The van der Waals surface area contributed by atoms with Crippen LogP contribution in [0.25, 0.3) is 0 Å². The molecule has 2 rings (SSSR count). The second-order valence-corrected chi connectivity index (χ2v) is 2.84. The lowest BCUT2D eigenvalue weighted by Crippen LogP contribution is -2.27. The molecule has 2 heterocycles. The summed E-state index contributed by atoms with van der Waals surface area (Å²) in [5.74, 6) is -1.97. The van der Waals surface area contributed by atoms with Crippen molar-refractivity contribution in [3.05, 3.63) is 48.0 Å². The molecule has 0 saturated heterocycles. The molecule has 0 atom stereocenters. The quantitative estimate of drug-likeness (QED) is 0.506. The first-order chi connectivity index (χ1) is 6.21. The number of hydrogen-bond donors (Lipinski definition) is 4. The molecule has 0 aliphatic carbocycles. The van der Waals surface area contributed by atoms with Gasteiger partial charge in [0.2, 0.25) is 5.79 Å². The van der Waals surface area contributed by atoms with Gasteiger partial charge in [0.05, 0.1) is 11.4 Å². The van der Waals surface area contributed by atoms with Gasteiger partial charge in [0.25, 0.3) is 0 Å². The molecule has 0 bridgehead atoms. The lowest BCUT2D eigenvalue weighted by molar-refractivity contribution is -0.137. The third-order valence-corrected chi connectivity index (χ3v) is 1.95. The van der Waals surface area contributed by atoms with Gasteiger partial charge >= 0.3 is 0 Å². The predicted octanol–water partition coefficient (Wildman–Crippen LogP) is 0.528. The summed E-state index contributed by atoms with van der Waals surface area (Å²) in [7, 11) is 0. The molecule has 0 unspecified atom stereocenters. The summed E-state index contributed by atoms with van der Waals surface area (Å²) >= 11 is 0. The summed E-state index contributed by atoms with van der Waals surface area (Å²) in [6, 6.07) is 6.64. The molecule has 0 aromatic carbocycles. The van der Waals surface area contributed by atoms with Crippen molar-refractivity contribution in [1.82, 2.24) is 9.97 Å². The number of rotatable bonds is 2. The van der Waals surface area contributed by atoms with Crippen LogP contribution in [0.5, 0.6) is 0 Å². The van der Waals surface area contributed by atoms with E-state index >= 15 is 0 Å². The summed E-state index contributed by atoms with van der Waals surface area (Å²) in [5.41, 5.74) is 0.685. The number of aliphatic hydroxyl groups is 2. The summed E-state index contributed by atoms with van der Waals surface area (Å²) in [6.07, 6.45) is 3.28. The Balaban J connectivity index is 2.42. The van der Waals surface area contributed by atoms with Crippen molar-refractivity contribution in [3.63, 3.8) is 0 Å². The predicted molar refractivity (Wildman–Crippen MR) is 46.8 cm³/mol. The smallest absolute Gasteiger partial charge is 0.248 e. The number of hydrogen-bond acceptors (Lipinski definition) is 2. The van der Waals surface area contributed by atoms with E-state index in [1.807, 2.05) is 0 Å². The van der Waals surface area contributed by atoms with Crippen LogP contribution in [-0.2, 0) is 5.79 Å². The normalized spacial score (nSPS) is 11.8. The second-order valence-electron chi connectivity index (χ2n) is 2.84. The van der Waals surface area contributed by atoms with Crippen molar-refractivity contribution in [3.8, 4) is 0 Å². The van der Waals surface area contributed by atoms with E-state index in [4.69, 9.17) is 0 Å². The van der Waals surface area contributed by atoms with Crippen molar-refractivity contribution < 1.29 is 10.2 Å². The van der Waals surface area contributed by atoms with Gasteiger partial charge in [0.1, 0.15) is 0 Å². The molecular weight excluding hydrogens is 168 g/mol. The fourth-order valence-corrected chi connectivity index (χ4v) is 1.24. The van der Waals surface area contributed by atoms with E-state index in [2.05, 4.69) is 9.97 Å². The topological polar surface area (TPSA) is 72.0 Å². The molecule has 13 heavy (non-hydrogen) atoms. The van der Waals surface area contributed by atoms with Crippen molar-refractivity contribution >= 4 is 0 Å². The van der Waals surface area contributed by atoms with Crippen molar-refractivity contribution in [2.75, 3.05) is 0 Å². The Labute approximate surface area is 74.9 Å². The van der Waals surface area contributed by atoms with Gasteiger partial charge in [-0.3, -0.25) is 0 Å². The third-order valence-electron chi connectivity index (χ3n) is 1.95. The van der Waals surface area contributed by atoms with Crippen LogP contribution in [0, 0.1) is 0 Å². The first-order valence-corrected chi connectivity index (χ1v) is 3.94. The minimum Gasteiger partial charge on any atom is -0.360 e. The van der Waals surface area contributed by atoms with Gasteiger partial charge in [-0.05, 0) is 24.3 Å². The first-order valence-electron chi connectivity index (χ1n) is 3.94. The molecule has 68 valence electrons. The molecule has 0 saturated carbocycles. The molecule has 0 fully saturated rings. The van der Waals surface area contributed by atoms with E-state index in [-0.39, 0.29) is 0 Å². The van der Waals surface area contributed by atoms with Gasteiger partial charge in [-0.25, -0.2) is 0 Å². The number of aromatic amines is 2. The average Bonchev–Trinajstić information content (AvgIpc) is 2.78. The van der Waals surface area contributed by atoms with Crippen LogP contribution in [0.2, 0.25) is 0 Å². The summed E-state index contributed by atoms with van der Waals surface area (Å²) < 4.78 is 0. The van der Waals surface area contributed by atoms with Crippen LogP contribution < -0.4 is 0 Å². The maximum absolute atomic E-state index is 9.73. The van der Waals surface area contributed by atoms with Crippen LogP contribution in [0.1, 0.15) is 11.4 Å². The minimum atomic E-state index is -1.97. The Kier molecular flexibility index (Phi) is 1.72. The van der Waals surface area contributed by atoms with Gasteiger partial charge in [-0.15, -0.1) is 0 Å². The molecule has 4 nitrogen and oxygen atoms in total. The van der Waals surface area contributed by atoms with Gasteiger partial charge in [0.15, 0.2) is 0 Å². The van der Waals surface area contributed by atoms with Gasteiger partial charge < -0.3 is 20.2 Å². The minimum absolute atomic E-state index is 0.343. The highest BCUT2D eigenvalue weighted by Crippen LogP contribution is 2.23. The first kappa shape index (κ1) is 8.10. The van der Waals surface area contributed by atoms with Gasteiger partial charge in [-0.2, -0.15) is 0 Å². The second kappa shape index (κ2) is 2.76. The molecule has 4 N–H and O–H groups in total. The highest BCUT2D eigenvalue weighted by molar-refractivity contribution is 5.23. The Hall–Kier alpha value is -1.52. The zero-order chi connectivity index (χ0) is 9.31. The third kappa shape index (κ3) is 1.26. The SMILES string of the molecule is OC(O)(c1ccc[nH]1)c1ccc[nH]1. The van der Waals surface area contributed by atoms with E-state index < -0.39 is 5.79 Å². The Morgan fingerprint density at radius 3 is 1.69 bits per heavy atom. The number of H-pyrrole nitrogens is 2. The fourth-order valence-electron chi connectivity index (χ4n) is 1.24. The van der Waals surface area contributed by atoms with Crippen molar-refractivity contribution in [1.29, 1.82) is 0 Å². The highest BCUT2D eigenvalue weighted by atomic mass is 16.5. The molecule has 0 aliphatic rings. The lowest BCUT2D eigenvalue weighted by Gasteiger charge is -2.18. The van der Waals surface area contributed by atoms with Gasteiger partial charge in [0, 0.05) is 12.4 Å². The molecule has 0 aliphatic heterocycles. The zero-order valence-corrected chi connectivity index (χ0v) is 6.86. The Morgan fingerprint density at radius 1 is 0.923 bits per heavy atom. The largest absolute Gasteiger partial charge is 0.360 e. The van der Waals surface area contributed by atoms with Crippen LogP contribution in [0.4, 0.5) is 0 Å². The zero-order valence-electron chi connectivity index (χ0n) is 6.86. The average molecular weight is 178 g/mol. The van der Waals surface area contributed by atoms with Gasteiger partial charge in [-0.1, -0.05) is 0 Å². The van der Waals surface area contributed by atoms with Crippen molar-refractivity contribution in [2.45, 2.75) is 5.79 Å².